The lowest BCUT2D eigenvalue weighted by Gasteiger charge is -1.94. The number of pyridine rings is 1. The summed E-state index contributed by atoms with van der Waals surface area (Å²) in [6.45, 7) is 3.47. The summed E-state index contributed by atoms with van der Waals surface area (Å²) in [5.74, 6) is 0.600. The molecule has 0 aliphatic heterocycles. The Balaban J connectivity index is 2.37. The molecule has 0 amide bonds. The van der Waals surface area contributed by atoms with Crippen LogP contribution in [0.3, 0.4) is 0 Å². The molecule has 0 radical (unpaired) electrons. The molecule has 0 bridgehead atoms. The Bertz CT molecular complexity index is 465. The third-order valence-corrected chi connectivity index (χ3v) is 1.92. The molecular formula is C10H11N3O2. The summed E-state index contributed by atoms with van der Waals surface area (Å²) < 4.78 is 4.98. The normalized spacial score (nSPS) is 12.7. The maximum Gasteiger partial charge on any atom is 0.276 e. The number of hydrogen-bond donors (Lipinski definition) is 1. The molecule has 5 heteroatoms. The zero-order chi connectivity index (χ0) is 10.8. The van der Waals surface area contributed by atoms with Gasteiger partial charge in [0, 0.05) is 5.69 Å². The average Bonchev–Trinajstić information content (AvgIpc) is 2.66. The van der Waals surface area contributed by atoms with E-state index in [1.165, 1.54) is 0 Å². The van der Waals surface area contributed by atoms with E-state index in [9.17, 15) is 5.11 Å². The number of aliphatic hydroxyl groups is 1. The van der Waals surface area contributed by atoms with Crippen LogP contribution < -0.4 is 0 Å². The van der Waals surface area contributed by atoms with Crippen LogP contribution in [0.1, 0.15) is 24.5 Å². The van der Waals surface area contributed by atoms with E-state index in [4.69, 9.17) is 4.52 Å². The second-order valence-electron chi connectivity index (χ2n) is 3.30. The molecule has 0 aromatic carbocycles. The first-order valence-electron chi connectivity index (χ1n) is 4.62. The standard InChI is InChI=1S/C10H11N3O2/c1-6-4-3-5-8(11-6)10-12-9(7(2)14)13-15-10/h3-5,7,14H,1-2H3. The number of nitrogens with zero attached hydrogens (tertiary/aromatic N) is 3. The van der Waals surface area contributed by atoms with E-state index < -0.39 is 6.10 Å². The first kappa shape index (κ1) is 9.79. The van der Waals surface area contributed by atoms with Gasteiger partial charge in [-0.15, -0.1) is 0 Å². The van der Waals surface area contributed by atoms with E-state index >= 15 is 0 Å². The van der Waals surface area contributed by atoms with Gasteiger partial charge in [0.2, 0.25) is 0 Å². The number of aromatic nitrogens is 3. The molecule has 0 aliphatic rings. The van der Waals surface area contributed by atoms with E-state index in [1.54, 1.807) is 13.0 Å². The number of rotatable bonds is 2. The lowest BCUT2D eigenvalue weighted by Crippen LogP contribution is -1.93. The van der Waals surface area contributed by atoms with E-state index in [1.807, 2.05) is 19.1 Å². The lowest BCUT2D eigenvalue weighted by molar-refractivity contribution is 0.184. The van der Waals surface area contributed by atoms with Gasteiger partial charge in [-0.2, -0.15) is 4.98 Å². The van der Waals surface area contributed by atoms with Gasteiger partial charge in [0.15, 0.2) is 5.82 Å². The maximum absolute atomic E-state index is 9.23. The zero-order valence-electron chi connectivity index (χ0n) is 8.51. The Morgan fingerprint density at radius 3 is 2.73 bits per heavy atom. The van der Waals surface area contributed by atoms with Gasteiger partial charge in [-0.1, -0.05) is 11.2 Å². The molecule has 0 aliphatic carbocycles. The highest BCUT2D eigenvalue weighted by molar-refractivity contribution is 5.46. The fourth-order valence-electron chi connectivity index (χ4n) is 1.17. The fraction of sp³-hybridized carbons (Fsp3) is 0.300. The molecule has 0 fully saturated rings. The van der Waals surface area contributed by atoms with Gasteiger partial charge < -0.3 is 9.63 Å². The molecular weight excluding hydrogens is 194 g/mol. The number of aryl methyl sites for hydroxylation is 1. The summed E-state index contributed by atoms with van der Waals surface area (Å²) in [4.78, 5) is 8.27. The molecule has 1 unspecified atom stereocenters. The smallest absolute Gasteiger partial charge is 0.276 e. The predicted molar refractivity (Wildman–Crippen MR) is 52.9 cm³/mol. The summed E-state index contributed by atoms with van der Waals surface area (Å²) in [7, 11) is 0. The Morgan fingerprint density at radius 1 is 1.33 bits per heavy atom. The monoisotopic (exact) mass is 205 g/mol. The van der Waals surface area contributed by atoms with Crippen LogP contribution in [0.5, 0.6) is 0 Å². The molecule has 0 saturated carbocycles. The highest BCUT2D eigenvalue weighted by Crippen LogP contribution is 2.17. The van der Waals surface area contributed by atoms with Crippen molar-refractivity contribution in [3.63, 3.8) is 0 Å². The maximum atomic E-state index is 9.23. The molecule has 15 heavy (non-hydrogen) atoms. The Hall–Kier alpha value is -1.75. The SMILES string of the molecule is Cc1cccc(-c2nc(C(C)O)no2)n1. The summed E-state index contributed by atoms with van der Waals surface area (Å²) in [5.41, 5.74) is 1.50. The largest absolute Gasteiger partial charge is 0.385 e. The van der Waals surface area contributed by atoms with Crippen molar-refractivity contribution in [2.24, 2.45) is 0 Å². The molecule has 5 nitrogen and oxygen atoms in total. The van der Waals surface area contributed by atoms with Crippen molar-refractivity contribution in [1.82, 2.24) is 15.1 Å². The van der Waals surface area contributed by atoms with E-state index in [2.05, 4.69) is 15.1 Å². The van der Waals surface area contributed by atoms with Gasteiger partial charge in [0.1, 0.15) is 11.8 Å². The molecule has 2 aromatic rings. The van der Waals surface area contributed by atoms with Crippen molar-refractivity contribution in [2.45, 2.75) is 20.0 Å². The first-order chi connectivity index (χ1) is 7.16. The van der Waals surface area contributed by atoms with Crippen LogP contribution in [-0.4, -0.2) is 20.2 Å². The van der Waals surface area contributed by atoms with Gasteiger partial charge in [-0.05, 0) is 26.0 Å². The Labute approximate surface area is 86.8 Å². The van der Waals surface area contributed by atoms with Gasteiger partial charge >= 0.3 is 0 Å². The van der Waals surface area contributed by atoms with E-state index in [0.717, 1.165) is 5.69 Å². The average molecular weight is 205 g/mol. The summed E-state index contributed by atoms with van der Waals surface area (Å²) >= 11 is 0. The number of aliphatic hydroxyl groups excluding tert-OH is 1. The van der Waals surface area contributed by atoms with Gasteiger partial charge in [0.05, 0.1) is 0 Å². The fourth-order valence-corrected chi connectivity index (χ4v) is 1.17. The van der Waals surface area contributed by atoms with Crippen molar-refractivity contribution >= 4 is 0 Å². The molecule has 0 saturated heterocycles. The third kappa shape index (κ3) is 2.02. The molecule has 2 aromatic heterocycles. The molecule has 2 heterocycles. The van der Waals surface area contributed by atoms with Crippen LogP contribution in [0.15, 0.2) is 22.7 Å². The molecule has 0 spiro atoms. The van der Waals surface area contributed by atoms with Crippen molar-refractivity contribution in [2.75, 3.05) is 0 Å². The predicted octanol–water partition coefficient (Wildman–Crippen LogP) is 1.49. The van der Waals surface area contributed by atoms with Crippen molar-refractivity contribution in [3.8, 4) is 11.6 Å². The quantitative estimate of drug-likeness (QED) is 0.804. The first-order valence-corrected chi connectivity index (χ1v) is 4.62. The topological polar surface area (TPSA) is 72.0 Å². The van der Waals surface area contributed by atoms with Crippen LogP contribution in [-0.2, 0) is 0 Å². The lowest BCUT2D eigenvalue weighted by atomic mass is 10.3. The third-order valence-electron chi connectivity index (χ3n) is 1.92. The second-order valence-corrected chi connectivity index (χ2v) is 3.30. The van der Waals surface area contributed by atoms with Gasteiger partial charge in [0.25, 0.3) is 5.89 Å². The molecule has 78 valence electrons. The van der Waals surface area contributed by atoms with Crippen molar-refractivity contribution in [3.05, 3.63) is 29.7 Å². The second kappa shape index (κ2) is 3.78. The van der Waals surface area contributed by atoms with Crippen LogP contribution >= 0.6 is 0 Å². The summed E-state index contributed by atoms with van der Waals surface area (Å²) in [6, 6.07) is 5.53. The molecule has 1 atom stereocenters. The Kier molecular flexibility index (Phi) is 2.47. The van der Waals surface area contributed by atoms with Crippen LogP contribution in [0.4, 0.5) is 0 Å². The zero-order valence-corrected chi connectivity index (χ0v) is 8.51. The molecule has 1 N–H and O–H groups in total. The minimum atomic E-state index is -0.729. The van der Waals surface area contributed by atoms with Crippen molar-refractivity contribution < 1.29 is 9.63 Å². The van der Waals surface area contributed by atoms with Gasteiger partial charge in [-0.3, -0.25) is 0 Å². The highest BCUT2D eigenvalue weighted by atomic mass is 16.5. The van der Waals surface area contributed by atoms with Gasteiger partial charge in [-0.25, -0.2) is 4.98 Å². The molecule has 2 rings (SSSR count). The van der Waals surface area contributed by atoms with E-state index in [0.29, 0.717) is 11.6 Å². The summed E-state index contributed by atoms with van der Waals surface area (Å²) in [6.07, 6.45) is -0.729. The van der Waals surface area contributed by atoms with Crippen molar-refractivity contribution in [1.29, 1.82) is 0 Å². The highest BCUT2D eigenvalue weighted by Gasteiger charge is 2.13. The minimum absolute atomic E-state index is 0.272. The van der Waals surface area contributed by atoms with Crippen LogP contribution in [0.2, 0.25) is 0 Å². The van der Waals surface area contributed by atoms with Crippen LogP contribution in [0.25, 0.3) is 11.6 Å². The van der Waals surface area contributed by atoms with Crippen LogP contribution in [0, 0.1) is 6.92 Å². The summed E-state index contributed by atoms with van der Waals surface area (Å²) in [5, 5.41) is 12.9. The van der Waals surface area contributed by atoms with E-state index in [-0.39, 0.29) is 5.82 Å². The Morgan fingerprint density at radius 2 is 2.13 bits per heavy atom. The minimum Gasteiger partial charge on any atom is -0.385 e. The number of hydrogen-bond acceptors (Lipinski definition) is 5.